The van der Waals surface area contributed by atoms with Crippen molar-refractivity contribution >= 4 is 5.97 Å². The van der Waals surface area contributed by atoms with Crippen molar-refractivity contribution in [1.82, 2.24) is 0 Å². The molecule has 0 bridgehead atoms. The summed E-state index contributed by atoms with van der Waals surface area (Å²) < 4.78 is 9.38. The monoisotopic (exact) mass is 202 g/mol. The maximum atomic E-state index is 10.7. The number of esters is 1. The molecule has 82 valence electrons. The van der Waals surface area contributed by atoms with Crippen molar-refractivity contribution in [3.63, 3.8) is 0 Å². The van der Waals surface area contributed by atoms with E-state index in [0.29, 0.717) is 12.7 Å². The van der Waals surface area contributed by atoms with Gasteiger partial charge in [-0.05, 0) is 20.3 Å². The highest BCUT2D eigenvalue weighted by atomic mass is 16.6. The molecule has 4 heteroatoms. The van der Waals surface area contributed by atoms with Crippen LogP contribution >= 0.6 is 0 Å². The lowest BCUT2D eigenvalue weighted by Crippen LogP contribution is -2.06. The molecule has 1 saturated heterocycles. The van der Waals surface area contributed by atoms with E-state index in [1.807, 2.05) is 6.92 Å². The lowest BCUT2D eigenvalue weighted by atomic mass is 10.3. The second-order valence-electron chi connectivity index (χ2n) is 3.09. The van der Waals surface area contributed by atoms with E-state index in [9.17, 15) is 4.79 Å². The van der Waals surface area contributed by atoms with Crippen molar-refractivity contribution < 1.29 is 19.4 Å². The molecule has 1 rings (SSSR count). The summed E-state index contributed by atoms with van der Waals surface area (Å²) in [5, 5.41) is 8.34. The van der Waals surface area contributed by atoms with Crippen molar-refractivity contribution in [2.24, 2.45) is 0 Å². The SMILES string of the molecule is CC1CO1.CCCOC(=O)/C(C)=C/O. The molecule has 0 aromatic carbocycles. The van der Waals surface area contributed by atoms with Gasteiger partial charge in [0.15, 0.2) is 0 Å². The minimum atomic E-state index is -0.454. The van der Waals surface area contributed by atoms with E-state index in [-0.39, 0.29) is 5.57 Å². The number of ether oxygens (including phenoxy) is 2. The van der Waals surface area contributed by atoms with E-state index < -0.39 is 5.97 Å². The summed E-state index contributed by atoms with van der Waals surface area (Å²) in [5.41, 5.74) is 0.230. The van der Waals surface area contributed by atoms with Gasteiger partial charge in [-0.3, -0.25) is 0 Å². The third-order valence-electron chi connectivity index (χ3n) is 1.45. The van der Waals surface area contributed by atoms with Crippen LogP contribution in [0, 0.1) is 0 Å². The Labute approximate surface area is 84.5 Å². The Morgan fingerprint density at radius 1 is 1.71 bits per heavy atom. The summed E-state index contributed by atoms with van der Waals surface area (Å²) in [6.45, 7) is 6.85. The number of aliphatic hydroxyl groups is 1. The third-order valence-corrected chi connectivity index (χ3v) is 1.45. The maximum Gasteiger partial charge on any atom is 0.336 e. The molecule has 0 aliphatic carbocycles. The van der Waals surface area contributed by atoms with Crippen molar-refractivity contribution in [1.29, 1.82) is 0 Å². The molecule has 14 heavy (non-hydrogen) atoms. The second-order valence-corrected chi connectivity index (χ2v) is 3.09. The first-order chi connectivity index (χ1) is 6.61. The number of hydrogen-bond acceptors (Lipinski definition) is 4. The average molecular weight is 202 g/mol. The number of hydrogen-bond donors (Lipinski definition) is 1. The zero-order valence-corrected chi connectivity index (χ0v) is 8.95. The fourth-order valence-corrected chi connectivity index (χ4v) is 0.458. The van der Waals surface area contributed by atoms with Crippen LogP contribution in [0.25, 0.3) is 0 Å². The smallest absolute Gasteiger partial charge is 0.336 e. The van der Waals surface area contributed by atoms with Gasteiger partial charge >= 0.3 is 5.97 Å². The van der Waals surface area contributed by atoms with Gasteiger partial charge in [-0.15, -0.1) is 0 Å². The molecule has 1 atom stereocenters. The molecule has 0 spiro atoms. The lowest BCUT2D eigenvalue weighted by Gasteiger charge is -2.00. The molecule has 1 aliphatic rings. The van der Waals surface area contributed by atoms with Gasteiger partial charge in [0, 0.05) is 0 Å². The fourth-order valence-electron chi connectivity index (χ4n) is 0.458. The molecule has 4 nitrogen and oxygen atoms in total. The third kappa shape index (κ3) is 7.61. The molecular formula is C10H18O4. The quantitative estimate of drug-likeness (QED) is 0.328. The Morgan fingerprint density at radius 2 is 2.21 bits per heavy atom. The van der Waals surface area contributed by atoms with E-state index in [4.69, 9.17) is 9.84 Å². The van der Waals surface area contributed by atoms with Crippen LogP contribution in [0.5, 0.6) is 0 Å². The minimum Gasteiger partial charge on any atom is -0.515 e. The second kappa shape index (κ2) is 7.38. The fraction of sp³-hybridized carbons (Fsp3) is 0.700. The first-order valence-electron chi connectivity index (χ1n) is 4.71. The zero-order valence-electron chi connectivity index (χ0n) is 8.95. The first-order valence-corrected chi connectivity index (χ1v) is 4.71. The summed E-state index contributed by atoms with van der Waals surface area (Å²) in [4.78, 5) is 10.7. The molecule has 1 N–H and O–H groups in total. The molecule has 0 radical (unpaired) electrons. The first kappa shape index (κ1) is 13.0. The Bertz CT molecular complexity index is 194. The predicted octanol–water partition coefficient (Wildman–Crippen LogP) is 1.81. The van der Waals surface area contributed by atoms with Crippen LogP contribution in [-0.4, -0.2) is 30.4 Å². The standard InChI is InChI=1S/C7H12O3.C3H6O/c1-3-4-10-7(9)6(2)5-8;1-3-2-4-3/h5,8H,3-4H2,1-2H3;3H,2H2,1H3/b6-5+;. The molecule has 1 aliphatic heterocycles. The number of rotatable bonds is 3. The minimum absolute atomic E-state index is 0.230. The summed E-state index contributed by atoms with van der Waals surface area (Å²) >= 11 is 0. The van der Waals surface area contributed by atoms with Crippen LogP contribution < -0.4 is 0 Å². The van der Waals surface area contributed by atoms with Gasteiger partial charge in [-0.25, -0.2) is 4.79 Å². The van der Waals surface area contributed by atoms with Gasteiger partial charge in [0.25, 0.3) is 0 Å². The Morgan fingerprint density at radius 3 is 2.50 bits per heavy atom. The van der Waals surface area contributed by atoms with Crippen LogP contribution in [0.15, 0.2) is 11.8 Å². The van der Waals surface area contributed by atoms with Crippen LogP contribution in [0.4, 0.5) is 0 Å². The van der Waals surface area contributed by atoms with Crippen molar-refractivity contribution in [2.75, 3.05) is 13.2 Å². The van der Waals surface area contributed by atoms with Crippen LogP contribution in [0.2, 0.25) is 0 Å². The highest BCUT2D eigenvalue weighted by Crippen LogP contribution is 2.04. The van der Waals surface area contributed by atoms with E-state index >= 15 is 0 Å². The zero-order chi connectivity index (χ0) is 11.0. The van der Waals surface area contributed by atoms with Gasteiger partial charge in [0.2, 0.25) is 0 Å². The Kier molecular flexibility index (Phi) is 6.84. The van der Waals surface area contributed by atoms with Gasteiger partial charge in [-0.1, -0.05) is 6.92 Å². The van der Waals surface area contributed by atoms with Gasteiger partial charge in [-0.2, -0.15) is 0 Å². The van der Waals surface area contributed by atoms with E-state index in [0.717, 1.165) is 19.3 Å². The van der Waals surface area contributed by atoms with Crippen molar-refractivity contribution in [3.8, 4) is 0 Å². The van der Waals surface area contributed by atoms with E-state index in [1.54, 1.807) is 0 Å². The highest BCUT2D eigenvalue weighted by molar-refractivity contribution is 5.87. The normalized spacial score (nSPS) is 19.4. The molecule has 1 fully saturated rings. The van der Waals surface area contributed by atoms with Crippen LogP contribution in [-0.2, 0) is 14.3 Å². The topological polar surface area (TPSA) is 59.1 Å². The molecular weight excluding hydrogens is 184 g/mol. The lowest BCUT2D eigenvalue weighted by molar-refractivity contribution is -0.139. The van der Waals surface area contributed by atoms with E-state index in [1.165, 1.54) is 6.92 Å². The summed E-state index contributed by atoms with van der Waals surface area (Å²) in [5.74, 6) is -0.454. The maximum absolute atomic E-state index is 10.7. The number of epoxide rings is 1. The molecule has 1 heterocycles. The van der Waals surface area contributed by atoms with Gasteiger partial charge in [0.05, 0.1) is 31.2 Å². The van der Waals surface area contributed by atoms with Crippen molar-refractivity contribution in [3.05, 3.63) is 11.8 Å². The highest BCUT2D eigenvalue weighted by Gasteiger charge is 2.13. The van der Waals surface area contributed by atoms with E-state index in [2.05, 4.69) is 11.7 Å². The average Bonchev–Trinajstić information content (AvgIpc) is 2.96. The number of aliphatic hydroxyl groups excluding tert-OH is 1. The molecule has 0 aromatic rings. The predicted molar refractivity (Wildman–Crippen MR) is 53.0 cm³/mol. The number of carbonyl (C=O) groups is 1. The number of carbonyl (C=O) groups excluding carboxylic acids is 1. The largest absolute Gasteiger partial charge is 0.515 e. The van der Waals surface area contributed by atoms with Gasteiger partial charge in [0.1, 0.15) is 0 Å². The van der Waals surface area contributed by atoms with Crippen LogP contribution in [0.3, 0.4) is 0 Å². The summed E-state index contributed by atoms with van der Waals surface area (Å²) in [7, 11) is 0. The Balaban J connectivity index is 0.000000344. The molecule has 0 amide bonds. The summed E-state index contributed by atoms with van der Waals surface area (Å²) in [6, 6.07) is 0. The van der Waals surface area contributed by atoms with Gasteiger partial charge < -0.3 is 14.6 Å². The summed E-state index contributed by atoms with van der Waals surface area (Å²) in [6.07, 6.45) is 2.13. The molecule has 1 unspecified atom stereocenters. The molecule has 0 aromatic heterocycles. The van der Waals surface area contributed by atoms with Crippen LogP contribution in [0.1, 0.15) is 27.2 Å². The molecule has 0 saturated carbocycles. The van der Waals surface area contributed by atoms with Crippen molar-refractivity contribution in [2.45, 2.75) is 33.3 Å². The Hall–Kier alpha value is -1.03.